The van der Waals surface area contributed by atoms with Crippen LogP contribution in [0.3, 0.4) is 0 Å². The fourth-order valence-corrected chi connectivity index (χ4v) is 3.49. The van der Waals surface area contributed by atoms with Gasteiger partial charge in [0.25, 0.3) is 5.91 Å². The lowest BCUT2D eigenvalue weighted by Gasteiger charge is -2.21. The first-order valence-electron chi connectivity index (χ1n) is 9.06. The highest BCUT2D eigenvalue weighted by Crippen LogP contribution is 2.24. The van der Waals surface area contributed by atoms with E-state index in [1.165, 1.54) is 20.0 Å². The highest BCUT2D eigenvalue weighted by molar-refractivity contribution is 5.94. The molecule has 3 rings (SSSR count). The molecule has 0 unspecified atom stereocenters. The van der Waals surface area contributed by atoms with Gasteiger partial charge < -0.3 is 19.3 Å². The van der Waals surface area contributed by atoms with Gasteiger partial charge in [0.1, 0.15) is 5.75 Å². The predicted octanol–water partition coefficient (Wildman–Crippen LogP) is 2.92. The van der Waals surface area contributed by atoms with E-state index in [4.69, 9.17) is 9.47 Å². The standard InChI is InChI=1S/C19H26N2O4/c1-24-19(23)21-12-4-11-20(13-14-21)18(22)15-7-9-17(10-8-15)25-16-5-2-3-6-16/h7-10,16H,2-6,11-14H2,1H3. The normalized spacial score (nSPS) is 18.8. The summed E-state index contributed by atoms with van der Waals surface area (Å²) in [6, 6.07) is 7.42. The van der Waals surface area contributed by atoms with Gasteiger partial charge in [-0.25, -0.2) is 4.79 Å². The van der Waals surface area contributed by atoms with Crippen molar-refractivity contribution in [1.82, 2.24) is 9.80 Å². The Morgan fingerprint density at radius 3 is 2.24 bits per heavy atom. The van der Waals surface area contributed by atoms with E-state index in [1.807, 2.05) is 24.3 Å². The molecule has 1 heterocycles. The molecule has 6 heteroatoms. The highest BCUT2D eigenvalue weighted by atomic mass is 16.5. The summed E-state index contributed by atoms with van der Waals surface area (Å²) in [5, 5.41) is 0. The fourth-order valence-electron chi connectivity index (χ4n) is 3.49. The predicted molar refractivity (Wildman–Crippen MR) is 93.8 cm³/mol. The molecule has 1 aromatic carbocycles. The summed E-state index contributed by atoms with van der Waals surface area (Å²) in [6.07, 6.45) is 5.44. The van der Waals surface area contributed by atoms with E-state index in [1.54, 1.807) is 9.80 Å². The first-order chi connectivity index (χ1) is 12.2. The molecule has 0 spiro atoms. The molecule has 1 aromatic rings. The van der Waals surface area contributed by atoms with Crippen LogP contribution in [0.15, 0.2) is 24.3 Å². The molecule has 6 nitrogen and oxygen atoms in total. The van der Waals surface area contributed by atoms with Crippen LogP contribution in [0.25, 0.3) is 0 Å². The Balaban J connectivity index is 1.57. The molecule has 0 aromatic heterocycles. The van der Waals surface area contributed by atoms with Crippen molar-refractivity contribution in [1.29, 1.82) is 0 Å². The molecular weight excluding hydrogens is 320 g/mol. The third-order valence-corrected chi connectivity index (χ3v) is 4.92. The monoisotopic (exact) mass is 346 g/mol. The van der Waals surface area contributed by atoms with Gasteiger partial charge in [0.05, 0.1) is 13.2 Å². The summed E-state index contributed by atoms with van der Waals surface area (Å²) in [5.41, 5.74) is 0.658. The quantitative estimate of drug-likeness (QED) is 0.844. The summed E-state index contributed by atoms with van der Waals surface area (Å²) in [5.74, 6) is 0.829. The molecule has 2 amide bonds. The smallest absolute Gasteiger partial charge is 0.409 e. The topological polar surface area (TPSA) is 59.1 Å². The molecule has 0 N–H and O–H groups in total. The number of hydrogen-bond acceptors (Lipinski definition) is 4. The lowest BCUT2D eigenvalue weighted by atomic mass is 10.2. The molecule has 25 heavy (non-hydrogen) atoms. The number of amides is 2. The Hall–Kier alpha value is -2.24. The minimum atomic E-state index is -0.331. The maximum atomic E-state index is 12.7. The van der Waals surface area contributed by atoms with Gasteiger partial charge in [-0.05, 0) is 56.4 Å². The minimum absolute atomic E-state index is 0.000804. The molecule has 1 aliphatic carbocycles. The van der Waals surface area contributed by atoms with E-state index in [0.717, 1.165) is 25.0 Å². The number of benzene rings is 1. The summed E-state index contributed by atoms with van der Waals surface area (Å²) in [4.78, 5) is 27.8. The van der Waals surface area contributed by atoms with E-state index in [0.29, 0.717) is 37.8 Å². The Morgan fingerprint density at radius 1 is 0.920 bits per heavy atom. The lowest BCUT2D eigenvalue weighted by molar-refractivity contribution is 0.0757. The fraction of sp³-hybridized carbons (Fsp3) is 0.579. The number of methoxy groups -OCH3 is 1. The first kappa shape index (κ1) is 17.6. The summed E-state index contributed by atoms with van der Waals surface area (Å²) < 4.78 is 10.7. The van der Waals surface area contributed by atoms with E-state index in [2.05, 4.69) is 0 Å². The third-order valence-electron chi connectivity index (χ3n) is 4.92. The van der Waals surface area contributed by atoms with Crippen LogP contribution in [0.5, 0.6) is 5.75 Å². The maximum absolute atomic E-state index is 12.7. The molecule has 1 aliphatic heterocycles. The van der Waals surface area contributed by atoms with Crippen molar-refractivity contribution in [3.05, 3.63) is 29.8 Å². The zero-order valence-electron chi connectivity index (χ0n) is 14.8. The number of rotatable bonds is 3. The van der Waals surface area contributed by atoms with Crippen LogP contribution in [0, 0.1) is 0 Å². The van der Waals surface area contributed by atoms with Gasteiger partial charge in [0.15, 0.2) is 0 Å². The van der Waals surface area contributed by atoms with Crippen molar-refractivity contribution in [2.45, 2.75) is 38.2 Å². The third kappa shape index (κ3) is 4.44. The van der Waals surface area contributed by atoms with Crippen LogP contribution < -0.4 is 4.74 Å². The van der Waals surface area contributed by atoms with Gasteiger partial charge in [0, 0.05) is 31.7 Å². The lowest BCUT2D eigenvalue weighted by Crippen LogP contribution is -2.37. The largest absolute Gasteiger partial charge is 0.490 e. The average molecular weight is 346 g/mol. The van der Waals surface area contributed by atoms with Gasteiger partial charge in [-0.3, -0.25) is 4.79 Å². The van der Waals surface area contributed by atoms with Crippen molar-refractivity contribution in [3.8, 4) is 5.75 Å². The van der Waals surface area contributed by atoms with Crippen molar-refractivity contribution in [2.75, 3.05) is 33.3 Å². The number of nitrogens with zero attached hydrogens (tertiary/aromatic N) is 2. The molecular formula is C19H26N2O4. The van der Waals surface area contributed by atoms with Crippen molar-refractivity contribution in [3.63, 3.8) is 0 Å². The van der Waals surface area contributed by atoms with Crippen LogP contribution in [0.4, 0.5) is 4.79 Å². The summed E-state index contributed by atoms with van der Waals surface area (Å²) >= 11 is 0. The van der Waals surface area contributed by atoms with Crippen LogP contribution in [0.1, 0.15) is 42.5 Å². The van der Waals surface area contributed by atoms with Crippen LogP contribution >= 0.6 is 0 Å². The molecule has 136 valence electrons. The SMILES string of the molecule is COC(=O)N1CCCN(C(=O)c2ccc(OC3CCCC3)cc2)CC1. The second-order valence-electron chi connectivity index (χ2n) is 6.65. The minimum Gasteiger partial charge on any atom is -0.490 e. The van der Waals surface area contributed by atoms with Gasteiger partial charge in [0.2, 0.25) is 0 Å². The average Bonchev–Trinajstić information content (AvgIpc) is 3.02. The van der Waals surface area contributed by atoms with Crippen LogP contribution in [-0.2, 0) is 4.74 Å². The molecule has 2 fully saturated rings. The Labute approximate surface area is 148 Å². The van der Waals surface area contributed by atoms with E-state index in [9.17, 15) is 9.59 Å². The Morgan fingerprint density at radius 2 is 1.56 bits per heavy atom. The van der Waals surface area contributed by atoms with Gasteiger partial charge in [-0.2, -0.15) is 0 Å². The highest BCUT2D eigenvalue weighted by Gasteiger charge is 2.23. The number of ether oxygens (including phenoxy) is 2. The van der Waals surface area contributed by atoms with Crippen molar-refractivity contribution < 1.29 is 19.1 Å². The summed E-state index contributed by atoms with van der Waals surface area (Å²) in [7, 11) is 1.38. The molecule has 0 radical (unpaired) electrons. The number of carbonyl (C=O) groups excluding carboxylic acids is 2. The molecule has 0 atom stereocenters. The first-order valence-corrected chi connectivity index (χ1v) is 9.06. The Kier molecular flexibility index (Phi) is 5.79. The molecule has 1 saturated heterocycles. The van der Waals surface area contributed by atoms with E-state index >= 15 is 0 Å². The van der Waals surface area contributed by atoms with Gasteiger partial charge in [-0.15, -0.1) is 0 Å². The second kappa shape index (κ2) is 8.23. The Bertz CT molecular complexity index is 596. The van der Waals surface area contributed by atoms with Gasteiger partial charge >= 0.3 is 6.09 Å². The number of carbonyl (C=O) groups is 2. The molecule has 1 saturated carbocycles. The van der Waals surface area contributed by atoms with Crippen LogP contribution in [0.2, 0.25) is 0 Å². The second-order valence-corrected chi connectivity index (χ2v) is 6.65. The van der Waals surface area contributed by atoms with Gasteiger partial charge in [-0.1, -0.05) is 0 Å². The molecule has 0 bridgehead atoms. The maximum Gasteiger partial charge on any atom is 0.409 e. The zero-order valence-corrected chi connectivity index (χ0v) is 14.8. The van der Waals surface area contributed by atoms with Crippen molar-refractivity contribution >= 4 is 12.0 Å². The van der Waals surface area contributed by atoms with Crippen molar-refractivity contribution in [2.24, 2.45) is 0 Å². The van der Waals surface area contributed by atoms with E-state index < -0.39 is 0 Å². The molecule has 2 aliphatic rings. The van der Waals surface area contributed by atoms with Crippen LogP contribution in [-0.4, -0.2) is 61.2 Å². The van der Waals surface area contributed by atoms with E-state index in [-0.39, 0.29) is 12.0 Å². The summed E-state index contributed by atoms with van der Waals surface area (Å²) in [6.45, 7) is 2.28. The zero-order chi connectivity index (χ0) is 17.6. The number of hydrogen-bond donors (Lipinski definition) is 0.